The van der Waals surface area contributed by atoms with Crippen LogP contribution in [0, 0.1) is 0 Å². The van der Waals surface area contributed by atoms with Crippen LogP contribution in [-0.4, -0.2) is 0 Å². The minimum Gasteiger partial charge on any atom is -0.309 e. The first-order chi connectivity index (χ1) is 33.0. The van der Waals surface area contributed by atoms with Gasteiger partial charge in [-0.25, -0.2) is 0 Å². The number of hydrogen-bond donors (Lipinski definition) is 0. The van der Waals surface area contributed by atoms with Crippen LogP contribution in [0.5, 0.6) is 0 Å². The van der Waals surface area contributed by atoms with Gasteiger partial charge in [0.25, 0.3) is 0 Å². The van der Waals surface area contributed by atoms with Gasteiger partial charge in [-0.1, -0.05) is 260 Å². The van der Waals surface area contributed by atoms with Crippen LogP contribution in [0.15, 0.2) is 237 Å². The predicted octanol–water partition coefficient (Wildman–Crippen LogP) is 18.3. The van der Waals surface area contributed by atoms with Crippen molar-refractivity contribution in [2.45, 2.75) is 57.8 Å². The number of fused-ring (bicyclic) bond motifs is 4. The highest BCUT2D eigenvalue weighted by Gasteiger charge is 2.47. The van der Waals surface area contributed by atoms with Crippen LogP contribution in [0.1, 0.15) is 74.9 Å². The maximum Gasteiger partial charge on any atom is 0.0714 e. The van der Waals surface area contributed by atoms with Gasteiger partial charge in [0.15, 0.2) is 0 Å². The Morgan fingerprint density at radius 3 is 1.37 bits per heavy atom. The fourth-order valence-corrected chi connectivity index (χ4v) is 10.9. The Balaban J connectivity index is 1.23. The molecule has 1 aliphatic carbocycles. The van der Waals surface area contributed by atoms with E-state index >= 15 is 0 Å². The normalized spacial score (nSPS) is 13.0. The molecule has 0 amide bonds. The van der Waals surface area contributed by atoms with Gasteiger partial charge >= 0.3 is 0 Å². The largest absolute Gasteiger partial charge is 0.309 e. The predicted molar refractivity (Wildman–Crippen MR) is 290 cm³/mol. The van der Waals surface area contributed by atoms with E-state index in [4.69, 9.17) is 0 Å². The molecule has 0 N–H and O–H groups in total. The summed E-state index contributed by atoms with van der Waals surface area (Å²) in [5, 5.41) is 2.47. The molecule has 0 aromatic heterocycles. The molecule has 0 radical (unpaired) electrons. The third-order valence-corrected chi connectivity index (χ3v) is 14.2. The smallest absolute Gasteiger partial charge is 0.0714 e. The first-order valence-corrected chi connectivity index (χ1v) is 24.1. The van der Waals surface area contributed by atoms with E-state index in [1.807, 2.05) is 0 Å². The second-order valence-electron chi connectivity index (χ2n) is 20.5. The minimum absolute atomic E-state index is 0.0180. The number of anilines is 3. The van der Waals surface area contributed by atoms with E-state index in [-0.39, 0.29) is 10.8 Å². The van der Waals surface area contributed by atoms with Crippen molar-refractivity contribution < 1.29 is 0 Å². The molecule has 0 saturated heterocycles. The van der Waals surface area contributed by atoms with Crippen molar-refractivity contribution in [2.75, 3.05) is 4.90 Å². The summed E-state index contributed by atoms with van der Waals surface area (Å²) in [7, 11) is 0. The number of hydrogen-bond acceptors (Lipinski definition) is 1. The molecule has 0 spiro atoms. The van der Waals surface area contributed by atoms with Gasteiger partial charge in [-0.3, -0.25) is 0 Å². The molecule has 330 valence electrons. The summed E-state index contributed by atoms with van der Waals surface area (Å²) in [6.45, 7) is 14.0. The van der Waals surface area contributed by atoms with E-state index < -0.39 is 5.41 Å². The van der Waals surface area contributed by atoms with E-state index in [1.54, 1.807) is 0 Å². The van der Waals surface area contributed by atoms with Crippen molar-refractivity contribution in [3.8, 4) is 44.5 Å². The number of para-hydroxylation sites is 2. The molecular weight excluding hydrogens is 819 g/mol. The molecule has 0 bridgehead atoms. The Bertz CT molecular complexity index is 3380. The van der Waals surface area contributed by atoms with Crippen molar-refractivity contribution in [1.82, 2.24) is 0 Å². The van der Waals surface area contributed by atoms with Gasteiger partial charge in [0.1, 0.15) is 0 Å². The standard InChI is InChI=1S/C67H57N/c1-65(2,3)51-43-48(44-52(45-51)66(4,5)6)54-36-22-27-47-28-23-37-56(63(47)54)55-34-18-21-41-61(55)68(60-40-20-17-33-53(60)46-25-10-7-11-26-46)62-42-24-39-59-64(62)57-35-16-19-38-58(57)67(59,49-29-12-8-13-30-49)50-31-14-9-15-32-50/h7-45H,1-6H3. The fourth-order valence-electron chi connectivity index (χ4n) is 10.9. The summed E-state index contributed by atoms with van der Waals surface area (Å²) < 4.78 is 0. The maximum atomic E-state index is 2.57. The lowest BCUT2D eigenvalue weighted by molar-refractivity contribution is 0.569. The molecule has 11 rings (SSSR count). The van der Waals surface area contributed by atoms with Gasteiger partial charge in [-0.05, 0) is 101 Å². The Morgan fingerprint density at radius 2 is 0.765 bits per heavy atom. The minimum atomic E-state index is -0.549. The van der Waals surface area contributed by atoms with Gasteiger partial charge < -0.3 is 4.90 Å². The van der Waals surface area contributed by atoms with Crippen LogP contribution in [0.2, 0.25) is 0 Å². The van der Waals surface area contributed by atoms with E-state index in [1.165, 1.54) is 77.5 Å². The molecule has 0 fully saturated rings. The molecule has 0 aliphatic heterocycles. The van der Waals surface area contributed by atoms with E-state index in [0.717, 1.165) is 28.2 Å². The highest BCUT2D eigenvalue weighted by atomic mass is 15.2. The molecule has 10 aromatic rings. The van der Waals surface area contributed by atoms with E-state index in [0.29, 0.717) is 0 Å². The molecule has 0 heterocycles. The van der Waals surface area contributed by atoms with Crippen LogP contribution in [0.25, 0.3) is 55.3 Å². The summed E-state index contributed by atoms with van der Waals surface area (Å²) in [4.78, 5) is 2.57. The van der Waals surface area contributed by atoms with Gasteiger partial charge in [-0.2, -0.15) is 0 Å². The molecular formula is C67H57N. The van der Waals surface area contributed by atoms with Crippen molar-refractivity contribution in [3.05, 3.63) is 270 Å². The van der Waals surface area contributed by atoms with Gasteiger partial charge in [-0.15, -0.1) is 0 Å². The second-order valence-corrected chi connectivity index (χ2v) is 20.5. The zero-order valence-corrected chi connectivity index (χ0v) is 40.0. The summed E-state index contributed by atoms with van der Waals surface area (Å²) in [5.74, 6) is 0. The Labute approximate surface area is 403 Å². The van der Waals surface area contributed by atoms with Gasteiger partial charge in [0.05, 0.1) is 22.5 Å². The van der Waals surface area contributed by atoms with Crippen LogP contribution in [0.4, 0.5) is 17.1 Å². The first-order valence-electron chi connectivity index (χ1n) is 24.1. The number of rotatable bonds is 8. The molecule has 0 unspecified atom stereocenters. The van der Waals surface area contributed by atoms with Crippen molar-refractivity contribution in [3.63, 3.8) is 0 Å². The van der Waals surface area contributed by atoms with Crippen LogP contribution >= 0.6 is 0 Å². The zero-order valence-electron chi connectivity index (χ0n) is 40.0. The first kappa shape index (κ1) is 42.9. The third kappa shape index (κ3) is 7.17. The van der Waals surface area contributed by atoms with Crippen molar-refractivity contribution in [2.24, 2.45) is 0 Å². The number of nitrogens with zero attached hydrogens (tertiary/aromatic N) is 1. The monoisotopic (exact) mass is 875 g/mol. The topological polar surface area (TPSA) is 3.24 Å². The lowest BCUT2D eigenvalue weighted by atomic mass is 9.68. The summed E-state index contributed by atoms with van der Waals surface area (Å²) in [5.41, 5.74) is 20.2. The Hall–Kier alpha value is -7.74. The SMILES string of the molecule is CC(C)(C)c1cc(-c2cccc3cccc(-c4ccccc4N(c4ccccc4-c4ccccc4)c4cccc5c4-c4ccccc4C5(c4ccccc4)c4ccccc4)c23)cc(C(C)(C)C)c1. The molecule has 1 heteroatoms. The van der Waals surface area contributed by atoms with Gasteiger partial charge in [0.2, 0.25) is 0 Å². The van der Waals surface area contributed by atoms with Crippen molar-refractivity contribution in [1.29, 1.82) is 0 Å². The lowest BCUT2D eigenvalue weighted by Crippen LogP contribution is -2.28. The lowest BCUT2D eigenvalue weighted by Gasteiger charge is -2.35. The fraction of sp³-hybridized carbons (Fsp3) is 0.134. The number of benzene rings is 10. The average Bonchev–Trinajstić information content (AvgIpc) is 3.68. The molecule has 1 nitrogen and oxygen atoms in total. The van der Waals surface area contributed by atoms with E-state index in [2.05, 4.69) is 283 Å². The molecule has 0 saturated carbocycles. The van der Waals surface area contributed by atoms with Crippen LogP contribution in [-0.2, 0) is 16.2 Å². The summed E-state index contributed by atoms with van der Waals surface area (Å²) in [6.07, 6.45) is 0. The highest BCUT2D eigenvalue weighted by Crippen LogP contribution is 2.60. The molecule has 0 atom stereocenters. The molecule has 1 aliphatic rings. The average molecular weight is 876 g/mol. The highest BCUT2D eigenvalue weighted by molar-refractivity contribution is 6.10. The Morgan fingerprint density at radius 1 is 0.324 bits per heavy atom. The maximum absolute atomic E-state index is 2.57. The summed E-state index contributed by atoms with van der Waals surface area (Å²) in [6, 6.07) is 88.2. The van der Waals surface area contributed by atoms with E-state index in [9.17, 15) is 0 Å². The quantitative estimate of drug-likeness (QED) is 0.147. The molecule has 68 heavy (non-hydrogen) atoms. The summed E-state index contributed by atoms with van der Waals surface area (Å²) >= 11 is 0. The van der Waals surface area contributed by atoms with Gasteiger partial charge in [0, 0.05) is 16.7 Å². The Kier molecular flexibility index (Phi) is 10.6. The zero-order chi connectivity index (χ0) is 46.6. The van der Waals surface area contributed by atoms with Crippen molar-refractivity contribution >= 4 is 27.8 Å². The molecule has 10 aromatic carbocycles. The third-order valence-electron chi connectivity index (χ3n) is 14.2. The van der Waals surface area contributed by atoms with Crippen LogP contribution in [0.3, 0.4) is 0 Å². The van der Waals surface area contributed by atoms with Crippen LogP contribution < -0.4 is 4.90 Å². The second kappa shape index (κ2) is 16.8.